The van der Waals surface area contributed by atoms with Crippen LogP contribution in [0.2, 0.25) is 0 Å². The van der Waals surface area contributed by atoms with Crippen LogP contribution in [0.3, 0.4) is 0 Å². The van der Waals surface area contributed by atoms with E-state index in [1.165, 1.54) is 17.8 Å². The molecule has 0 aliphatic heterocycles. The quantitative estimate of drug-likeness (QED) is 0.533. The number of hydrogen-bond acceptors (Lipinski definition) is 7. The zero-order chi connectivity index (χ0) is 15.9. The molecule has 0 radical (unpaired) electrons. The fraction of sp³-hybridized carbons (Fsp3) is 0.500. The van der Waals surface area contributed by atoms with Crippen molar-refractivity contribution in [3.05, 3.63) is 17.5 Å². The van der Waals surface area contributed by atoms with Crippen molar-refractivity contribution in [3.63, 3.8) is 0 Å². The molecule has 1 rings (SSSR count). The second kappa shape index (κ2) is 7.79. The zero-order valence-electron chi connectivity index (χ0n) is 11.7. The largest absolute Gasteiger partial charge is 0.393 e. The molecule has 1 heterocycles. The number of aryl methyl sites for hydroxylation is 1. The van der Waals surface area contributed by atoms with Crippen LogP contribution in [0.5, 0.6) is 0 Å². The Morgan fingerprint density at radius 3 is 2.76 bits per heavy atom. The SMILES string of the molecule is CSC[C@@](C=O)(CO)NC(=O)CNC(=O)c1cc(C)on1. The van der Waals surface area contributed by atoms with Crippen LogP contribution in [0.1, 0.15) is 16.2 Å². The molecule has 1 aromatic rings. The highest BCUT2D eigenvalue weighted by Gasteiger charge is 2.30. The van der Waals surface area contributed by atoms with Gasteiger partial charge in [0.15, 0.2) is 5.69 Å². The molecular weight excluding hydrogens is 298 g/mol. The van der Waals surface area contributed by atoms with Gasteiger partial charge in [-0.25, -0.2) is 0 Å². The van der Waals surface area contributed by atoms with Crippen molar-refractivity contribution >= 4 is 29.9 Å². The van der Waals surface area contributed by atoms with Gasteiger partial charge in [0.2, 0.25) is 5.91 Å². The summed E-state index contributed by atoms with van der Waals surface area (Å²) in [4.78, 5) is 34.4. The fourth-order valence-electron chi connectivity index (χ4n) is 1.53. The maximum absolute atomic E-state index is 11.7. The predicted molar refractivity (Wildman–Crippen MR) is 76.0 cm³/mol. The molecule has 8 nitrogen and oxygen atoms in total. The van der Waals surface area contributed by atoms with Gasteiger partial charge in [-0.3, -0.25) is 9.59 Å². The summed E-state index contributed by atoms with van der Waals surface area (Å²) in [5, 5.41) is 17.5. The van der Waals surface area contributed by atoms with E-state index in [0.29, 0.717) is 12.0 Å². The van der Waals surface area contributed by atoms with Crippen molar-refractivity contribution in [3.8, 4) is 0 Å². The van der Waals surface area contributed by atoms with E-state index in [1.807, 2.05) is 0 Å². The highest BCUT2D eigenvalue weighted by molar-refractivity contribution is 7.98. The van der Waals surface area contributed by atoms with Crippen molar-refractivity contribution in [1.82, 2.24) is 15.8 Å². The maximum Gasteiger partial charge on any atom is 0.273 e. The van der Waals surface area contributed by atoms with Crippen LogP contribution in [-0.2, 0) is 9.59 Å². The number of thioether (sulfide) groups is 1. The topological polar surface area (TPSA) is 122 Å². The second-order valence-electron chi connectivity index (χ2n) is 4.42. The molecule has 0 aliphatic carbocycles. The minimum Gasteiger partial charge on any atom is -0.393 e. The summed E-state index contributed by atoms with van der Waals surface area (Å²) in [7, 11) is 0. The normalized spacial score (nSPS) is 13.3. The monoisotopic (exact) mass is 315 g/mol. The summed E-state index contributed by atoms with van der Waals surface area (Å²) in [6.45, 7) is 0.785. The number of aliphatic hydroxyl groups excluding tert-OH is 1. The summed E-state index contributed by atoms with van der Waals surface area (Å²) in [5.74, 6) is -0.439. The lowest BCUT2D eigenvalue weighted by molar-refractivity contribution is -0.126. The number of amides is 2. The second-order valence-corrected chi connectivity index (χ2v) is 5.28. The minimum atomic E-state index is -1.34. The molecule has 0 spiro atoms. The average Bonchev–Trinajstić information content (AvgIpc) is 2.91. The number of aromatic nitrogens is 1. The van der Waals surface area contributed by atoms with Crippen molar-refractivity contribution < 1.29 is 24.0 Å². The lowest BCUT2D eigenvalue weighted by atomic mass is 10.1. The fourth-order valence-corrected chi connectivity index (χ4v) is 2.27. The van der Waals surface area contributed by atoms with Gasteiger partial charge in [-0.2, -0.15) is 11.8 Å². The molecule has 1 atom stereocenters. The number of hydrogen-bond donors (Lipinski definition) is 3. The number of nitrogens with one attached hydrogen (secondary N) is 2. The molecule has 1 aromatic heterocycles. The summed E-state index contributed by atoms with van der Waals surface area (Å²) in [6.07, 6.45) is 2.24. The van der Waals surface area contributed by atoms with Crippen molar-refractivity contribution in [1.29, 1.82) is 0 Å². The van der Waals surface area contributed by atoms with E-state index in [2.05, 4.69) is 15.8 Å². The number of aliphatic hydroxyl groups is 1. The van der Waals surface area contributed by atoms with Gasteiger partial charge in [0.25, 0.3) is 5.91 Å². The van der Waals surface area contributed by atoms with Crippen LogP contribution in [-0.4, -0.2) is 59.1 Å². The zero-order valence-corrected chi connectivity index (χ0v) is 12.5. The minimum absolute atomic E-state index is 0.0632. The van der Waals surface area contributed by atoms with E-state index >= 15 is 0 Å². The third kappa shape index (κ3) is 4.87. The van der Waals surface area contributed by atoms with Gasteiger partial charge < -0.3 is 25.1 Å². The Bertz CT molecular complexity index is 519. The molecule has 9 heteroatoms. The van der Waals surface area contributed by atoms with E-state index < -0.39 is 24.0 Å². The summed E-state index contributed by atoms with van der Waals surface area (Å²) in [5.41, 5.74) is -1.28. The van der Waals surface area contributed by atoms with Gasteiger partial charge in [0.1, 0.15) is 17.6 Å². The Labute approximate surface area is 125 Å². The third-order valence-electron chi connectivity index (χ3n) is 2.57. The van der Waals surface area contributed by atoms with Crippen LogP contribution in [0, 0.1) is 6.92 Å². The smallest absolute Gasteiger partial charge is 0.273 e. The van der Waals surface area contributed by atoms with E-state index in [9.17, 15) is 19.5 Å². The molecule has 0 fully saturated rings. The molecule has 0 saturated carbocycles. The molecule has 0 saturated heterocycles. The Balaban J connectivity index is 2.53. The summed E-state index contributed by atoms with van der Waals surface area (Å²) in [6, 6.07) is 1.43. The van der Waals surface area contributed by atoms with Crippen LogP contribution in [0.4, 0.5) is 0 Å². The standard InChI is InChI=1S/C12H17N3O5S/c1-8-3-9(15-20-8)11(19)13-4-10(18)14-12(5-16,6-17)7-21-2/h3,5,17H,4,6-7H2,1-2H3,(H,13,19)(H,14,18)/t12-/m1/s1. The lowest BCUT2D eigenvalue weighted by Crippen LogP contribution is -2.56. The highest BCUT2D eigenvalue weighted by Crippen LogP contribution is 2.08. The first-order valence-corrected chi connectivity index (χ1v) is 7.44. The molecule has 3 N–H and O–H groups in total. The number of aldehydes is 1. The highest BCUT2D eigenvalue weighted by atomic mass is 32.2. The van der Waals surface area contributed by atoms with E-state index in [-0.39, 0.29) is 18.0 Å². The molecule has 0 aliphatic rings. The molecule has 0 aromatic carbocycles. The van der Waals surface area contributed by atoms with Crippen LogP contribution in [0.15, 0.2) is 10.6 Å². The van der Waals surface area contributed by atoms with Gasteiger partial charge in [-0.15, -0.1) is 0 Å². The summed E-state index contributed by atoms with van der Waals surface area (Å²) < 4.78 is 4.75. The average molecular weight is 315 g/mol. The number of rotatable bonds is 8. The van der Waals surface area contributed by atoms with E-state index in [1.54, 1.807) is 13.2 Å². The Hall–Kier alpha value is -1.87. The van der Waals surface area contributed by atoms with Gasteiger partial charge in [0, 0.05) is 11.8 Å². The molecular formula is C12H17N3O5S. The first-order valence-electron chi connectivity index (χ1n) is 6.05. The predicted octanol–water partition coefficient (Wildman–Crippen LogP) is -0.878. The molecule has 116 valence electrons. The van der Waals surface area contributed by atoms with Gasteiger partial charge in [0.05, 0.1) is 13.2 Å². The van der Waals surface area contributed by atoms with Gasteiger partial charge >= 0.3 is 0 Å². The van der Waals surface area contributed by atoms with Crippen molar-refractivity contribution in [2.24, 2.45) is 0 Å². The lowest BCUT2D eigenvalue weighted by Gasteiger charge is -2.26. The molecule has 0 unspecified atom stereocenters. The van der Waals surface area contributed by atoms with E-state index in [4.69, 9.17) is 4.52 Å². The van der Waals surface area contributed by atoms with Gasteiger partial charge in [-0.1, -0.05) is 5.16 Å². The molecule has 21 heavy (non-hydrogen) atoms. The van der Waals surface area contributed by atoms with Crippen LogP contribution < -0.4 is 10.6 Å². The number of nitrogens with zero attached hydrogens (tertiary/aromatic N) is 1. The first kappa shape index (κ1) is 17.2. The Morgan fingerprint density at radius 1 is 1.57 bits per heavy atom. The Kier molecular flexibility index (Phi) is 6.38. The molecule has 2 amide bonds. The molecule has 0 bridgehead atoms. The summed E-state index contributed by atoms with van der Waals surface area (Å²) >= 11 is 1.31. The van der Waals surface area contributed by atoms with Crippen molar-refractivity contribution in [2.45, 2.75) is 12.5 Å². The maximum atomic E-state index is 11.7. The van der Waals surface area contributed by atoms with Crippen LogP contribution in [0.25, 0.3) is 0 Å². The van der Waals surface area contributed by atoms with Crippen molar-refractivity contribution in [2.75, 3.05) is 25.2 Å². The Morgan fingerprint density at radius 2 is 2.29 bits per heavy atom. The van der Waals surface area contributed by atoms with E-state index in [0.717, 1.165) is 0 Å². The number of carbonyl (C=O) groups excluding carboxylic acids is 3. The van der Waals surface area contributed by atoms with Crippen LogP contribution >= 0.6 is 11.8 Å². The number of carbonyl (C=O) groups is 3. The third-order valence-corrected chi connectivity index (χ3v) is 3.37. The first-order chi connectivity index (χ1) is 9.96. The van der Waals surface area contributed by atoms with Gasteiger partial charge in [-0.05, 0) is 13.2 Å².